The van der Waals surface area contributed by atoms with Crippen molar-refractivity contribution in [1.29, 1.82) is 5.26 Å². The zero-order chi connectivity index (χ0) is 13.0. The van der Waals surface area contributed by atoms with Crippen LogP contribution in [0, 0.1) is 11.3 Å². The summed E-state index contributed by atoms with van der Waals surface area (Å²) in [6.45, 7) is 0. The number of rotatable bonds is 3. The Kier molecular flexibility index (Phi) is 3.25. The van der Waals surface area contributed by atoms with Gasteiger partial charge in [-0.3, -0.25) is 4.57 Å². The fourth-order valence-corrected chi connectivity index (χ4v) is 1.64. The van der Waals surface area contributed by atoms with Crippen molar-refractivity contribution in [3.63, 3.8) is 0 Å². The van der Waals surface area contributed by atoms with E-state index in [1.165, 1.54) is 13.3 Å². The lowest BCUT2D eigenvalue weighted by Gasteiger charge is -2.09. The van der Waals surface area contributed by atoms with Gasteiger partial charge in [-0.15, -0.1) is 0 Å². The summed E-state index contributed by atoms with van der Waals surface area (Å²) in [5, 5.41) is 20.7. The highest BCUT2D eigenvalue weighted by Gasteiger charge is 2.13. The molecular weight excluding hydrogens is 232 g/mol. The summed E-state index contributed by atoms with van der Waals surface area (Å²) in [7, 11) is 1.49. The highest BCUT2D eigenvalue weighted by molar-refractivity contribution is 5.78. The Bertz CT molecular complexity index is 625. The normalized spacial score (nSPS) is 10.4. The first-order valence-corrected chi connectivity index (χ1v) is 5.10. The van der Waals surface area contributed by atoms with E-state index in [1.54, 1.807) is 35.2 Å². The van der Waals surface area contributed by atoms with E-state index in [2.05, 4.69) is 16.2 Å². The molecule has 2 heterocycles. The lowest BCUT2D eigenvalue weighted by atomic mass is 10.2. The lowest BCUT2D eigenvalue weighted by Crippen LogP contribution is -2.04. The molecule has 0 unspecified atom stereocenters. The number of methoxy groups -OCH3 is 1. The number of hydrogen-bond donors (Lipinski definition) is 1. The molecule has 2 aromatic rings. The lowest BCUT2D eigenvalue weighted by molar-refractivity contribution is 0.321. The summed E-state index contributed by atoms with van der Waals surface area (Å²) in [4.78, 5) is 4.16. The molecule has 90 valence electrons. The Morgan fingerprint density at radius 1 is 1.56 bits per heavy atom. The number of nitrogens with zero attached hydrogens (tertiary/aromatic N) is 4. The van der Waals surface area contributed by atoms with Crippen LogP contribution in [-0.2, 0) is 0 Å². The zero-order valence-corrected chi connectivity index (χ0v) is 9.61. The topological polar surface area (TPSA) is 83.4 Å². The Morgan fingerprint density at radius 2 is 2.39 bits per heavy atom. The quantitative estimate of drug-likeness (QED) is 0.503. The van der Waals surface area contributed by atoms with Gasteiger partial charge in [0.25, 0.3) is 0 Å². The summed E-state index contributed by atoms with van der Waals surface area (Å²) >= 11 is 0. The maximum atomic E-state index is 9.18. The van der Waals surface area contributed by atoms with Crippen molar-refractivity contribution in [2.75, 3.05) is 7.11 Å². The average molecular weight is 242 g/mol. The second-order valence-corrected chi connectivity index (χ2v) is 3.37. The molecule has 2 aromatic heterocycles. The van der Waals surface area contributed by atoms with Crippen LogP contribution >= 0.6 is 0 Å². The van der Waals surface area contributed by atoms with E-state index in [9.17, 15) is 5.26 Å². The molecule has 1 N–H and O–H groups in total. The first-order valence-electron chi connectivity index (χ1n) is 5.10. The summed E-state index contributed by atoms with van der Waals surface area (Å²) in [6, 6.07) is 7.18. The van der Waals surface area contributed by atoms with Crippen molar-refractivity contribution in [3.05, 3.63) is 41.9 Å². The molecule has 6 heteroatoms. The van der Waals surface area contributed by atoms with Crippen LogP contribution in [0.25, 0.3) is 5.82 Å². The third kappa shape index (κ3) is 1.89. The first kappa shape index (κ1) is 11.7. The van der Waals surface area contributed by atoms with E-state index >= 15 is 0 Å². The van der Waals surface area contributed by atoms with Crippen LogP contribution in [0.15, 0.2) is 35.7 Å². The molecule has 0 fully saturated rings. The second-order valence-electron chi connectivity index (χ2n) is 3.37. The monoisotopic (exact) mass is 242 g/mol. The van der Waals surface area contributed by atoms with E-state index < -0.39 is 0 Å². The minimum Gasteiger partial charge on any atom is -0.495 e. The molecule has 0 amide bonds. The molecule has 18 heavy (non-hydrogen) atoms. The molecule has 0 aliphatic heterocycles. The van der Waals surface area contributed by atoms with Crippen molar-refractivity contribution in [2.45, 2.75) is 0 Å². The van der Waals surface area contributed by atoms with Crippen LogP contribution in [0.4, 0.5) is 0 Å². The predicted molar refractivity (Wildman–Crippen MR) is 64.2 cm³/mol. The molecule has 0 aliphatic carbocycles. The van der Waals surface area contributed by atoms with Gasteiger partial charge in [0.15, 0.2) is 5.82 Å². The third-order valence-electron chi connectivity index (χ3n) is 2.42. The molecular formula is C12H10N4O2. The molecule has 2 rings (SSSR count). The largest absolute Gasteiger partial charge is 0.495 e. The summed E-state index contributed by atoms with van der Waals surface area (Å²) in [6.07, 6.45) is 4.54. The van der Waals surface area contributed by atoms with Crippen molar-refractivity contribution in [3.8, 4) is 17.6 Å². The molecule has 0 bridgehead atoms. The molecule has 0 aliphatic rings. The van der Waals surface area contributed by atoms with Gasteiger partial charge in [-0.05, 0) is 18.2 Å². The van der Waals surface area contributed by atoms with Gasteiger partial charge in [-0.25, -0.2) is 4.98 Å². The van der Waals surface area contributed by atoms with Crippen LogP contribution in [0.1, 0.15) is 11.3 Å². The predicted octanol–water partition coefficient (Wildman–Crippen LogP) is 1.56. The Labute approximate surface area is 103 Å². The number of hydrogen-bond acceptors (Lipinski definition) is 5. The van der Waals surface area contributed by atoms with Gasteiger partial charge in [0.05, 0.1) is 19.0 Å². The second kappa shape index (κ2) is 5.01. The van der Waals surface area contributed by atoms with Gasteiger partial charge < -0.3 is 9.94 Å². The molecule has 0 atom stereocenters. The molecule has 0 aromatic carbocycles. The zero-order valence-electron chi connectivity index (χ0n) is 9.61. The van der Waals surface area contributed by atoms with E-state index in [1.807, 2.05) is 0 Å². The number of pyridine rings is 1. The van der Waals surface area contributed by atoms with Gasteiger partial charge >= 0.3 is 0 Å². The van der Waals surface area contributed by atoms with Crippen LogP contribution in [0.3, 0.4) is 0 Å². The van der Waals surface area contributed by atoms with Crippen LogP contribution < -0.4 is 4.74 Å². The maximum absolute atomic E-state index is 9.18. The van der Waals surface area contributed by atoms with Gasteiger partial charge in [-0.1, -0.05) is 5.16 Å². The number of oxime groups is 1. The SMILES string of the molecule is COc1ccnc(-n2cccc2/C=N/O)c1C#N. The molecule has 0 radical (unpaired) electrons. The smallest absolute Gasteiger partial charge is 0.158 e. The number of aromatic nitrogens is 2. The van der Waals surface area contributed by atoms with Gasteiger partial charge in [-0.2, -0.15) is 5.26 Å². The number of nitriles is 1. The van der Waals surface area contributed by atoms with Crippen LogP contribution in [-0.4, -0.2) is 28.1 Å². The Morgan fingerprint density at radius 3 is 3.06 bits per heavy atom. The summed E-state index contributed by atoms with van der Waals surface area (Å²) < 4.78 is 6.76. The average Bonchev–Trinajstić information content (AvgIpc) is 2.86. The third-order valence-corrected chi connectivity index (χ3v) is 2.42. The van der Waals surface area contributed by atoms with Crippen LogP contribution in [0.2, 0.25) is 0 Å². The Balaban J connectivity index is 2.64. The Hall–Kier alpha value is -2.81. The van der Waals surface area contributed by atoms with Gasteiger partial charge in [0, 0.05) is 12.4 Å². The molecule has 0 saturated heterocycles. The molecule has 0 saturated carbocycles. The standard InChI is InChI=1S/C12H10N4O2/c1-18-11-4-5-14-12(10(11)7-13)16-6-2-3-9(16)8-15-17/h2-6,8,17H,1H3/b15-8+. The highest BCUT2D eigenvalue weighted by atomic mass is 16.5. The minimum atomic E-state index is 0.323. The van der Waals surface area contributed by atoms with E-state index in [0.29, 0.717) is 22.8 Å². The van der Waals surface area contributed by atoms with Crippen molar-refractivity contribution in [2.24, 2.45) is 5.16 Å². The fourth-order valence-electron chi connectivity index (χ4n) is 1.64. The summed E-state index contributed by atoms with van der Waals surface area (Å²) in [5.41, 5.74) is 0.929. The maximum Gasteiger partial charge on any atom is 0.158 e. The highest BCUT2D eigenvalue weighted by Crippen LogP contribution is 2.23. The van der Waals surface area contributed by atoms with E-state index in [4.69, 9.17) is 9.94 Å². The number of ether oxygens (including phenoxy) is 1. The van der Waals surface area contributed by atoms with E-state index in [0.717, 1.165) is 0 Å². The van der Waals surface area contributed by atoms with Crippen molar-refractivity contribution in [1.82, 2.24) is 9.55 Å². The van der Waals surface area contributed by atoms with E-state index in [-0.39, 0.29) is 0 Å². The van der Waals surface area contributed by atoms with Crippen molar-refractivity contribution < 1.29 is 9.94 Å². The van der Waals surface area contributed by atoms with Crippen molar-refractivity contribution >= 4 is 6.21 Å². The van der Waals surface area contributed by atoms with Gasteiger partial charge in [0.2, 0.25) is 0 Å². The summed E-state index contributed by atoms with van der Waals surface area (Å²) in [5.74, 6) is 0.875. The molecule has 0 spiro atoms. The fraction of sp³-hybridized carbons (Fsp3) is 0.0833. The molecule has 6 nitrogen and oxygen atoms in total. The minimum absolute atomic E-state index is 0.323. The first-order chi connectivity index (χ1) is 8.81. The van der Waals surface area contributed by atoms with Crippen LogP contribution in [0.5, 0.6) is 5.75 Å². The van der Waals surface area contributed by atoms with Gasteiger partial charge in [0.1, 0.15) is 17.4 Å².